The van der Waals surface area contributed by atoms with Gasteiger partial charge in [0.25, 0.3) is 12.3 Å². The first kappa shape index (κ1) is 24.3. The Morgan fingerprint density at radius 2 is 2.00 bits per heavy atom. The lowest BCUT2D eigenvalue weighted by Gasteiger charge is -2.36. The molecule has 1 unspecified atom stereocenters. The highest BCUT2D eigenvalue weighted by Gasteiger charge is 2.24. The summed E-state index contributed by atoms with van der Waals surface area (Å²) in [6, 6.07) is 6.99. The van der Waals surface area contributed by atoms with Crippen molar-refractivity contribution < 1.29 is 18.3 Å². The molecule has 1 aliphatic carbocycles. The largest absolute Gasteiger partial charge is 0.379 e. The van der Waals surface area contributed by atoms with E-state index in [4.69, 9.17) is 4.74 Å². The fourth-order valence-electron chi connectivity index (χ4n) is 4.84. The van der Waals surface area contributed by atoms with E-state index in [0.717, 1.165) is 63.0 Å². The zero-order valence-electron chi connectivity index (χ0n) is 20.2. The minimum absolute atomic E-state index is 0.143. The number of rotatable bonds is 6. The van der Waals surface area contributed by atoms with Gasteiger partial charge in [0.1, 0.15) is 5.82 Å². The Morgan fingerprint density at radius 1 is 1.17 bits per heavy atom. The van der Waals surface area contributed by atoms with E-state index in [1.54, 1.807) is 29.2 Å². The van der Waals surface area contributed by atoms with Crippen LogP contribution >= 0.6 is 0 Å². The van der Waals surface area contributed by atoms with Crippen molar-refractivity contribution in [1.29, 1.82) is 0 Å². The number of carbonyl (C=O) groups is 1. The van der Waals surface area contributed by atoms with Crippen LogP contribution in [0.5, 0.6) is 0 Å². The maximum absolute atomic E-state index is 12.8. The van der Waals surface area contributed by atoms with Crippen LogP contribution in [0.25, 0.3) is 11.4 Å². The fraction of sp³-hybridized carbons (Fsp3) is 0.370. The molecule has 1 aliphatic heterocycles. The van der Waals surface area contributed by atoms with Gasteiger partial charge in [0.15, 0.2) is 0 Å². The van der Waals surface area contributed by atoms with Gasteiger partial charge in [0.05, 0.1) is 36.4 Å². The molecule has 1 amide bonds. The number of carbonyl (C=O) groups excluding carboxylic acids is 1. The average Bonchev–Trinajstić information content (AvgIpc) is 3.40. The van der Waals surface area contributed by atoms with Gasteiger partial charge >= 0.3 is 0 Å². The number of nitrogens with zero attached hydrogens (tertiary/aromatic N) is 4. The zero-order valence-corrected chi connectivity index (χ0v) is 20.2. The smallest absolute Gasteiger partial charge is 0.265 e. The molecule has 7 nitrogen and oxygen atoms in total. The Morgan fingerprint density at radius 3 is 2.67 bits per heavy atom. The number of allylic oxidation sites excluding steroid dienone is 1. The van der Waals surface area contributed by atoms with Gasteiger partial charge < -0.3 is 14.6 Å². The summed E-state index contributed by atoms with van der Waals surface area (Å²) in [5, 5.41) is 2.90. The van der Waals surface area contributed by atoms with Gasteiger partial charge in [-0.3, -0.25) is 14.7 Å². The van der Waals surface area contributed by atoms with Crippen LogP contribution in [0.3, 0.4) is 0 Å². The summed E-state index contributed by atoms with van der Waals surface area (Å²) in [5.41, 5.74) is 4.17. The highest BCUT2D eigenvalue weighted by atomic mass is 19.3. The van der Waals surface area contributed by atoms with Gasteiger partial charge in [-0.2, -0.15) is 0 Å². The first-order chi connectivity index (χ1) is 17.5. The van der Waals surface area contributed by atoms with E-state index in [9.17, 15) is 13.6 Å². The Bertz CT molecular complexity index is 1250. The summed E-state index contributed by atoms with van der Waals surface area (Å²) in [6.07, 6.45) is 8.98. The maximum Gasteiger partial charge on any atom is 0.265 e. The molecule has 0 radical (unpaired) electrons. The average molecular weight is 494 g/mol. The van der Waals surface area contributed by atoms with E-state index in [1.165, 1.54) is 17.7 Å². The molecule has 3 aromatic heterocycles. The van der Waals surface area contributed by atoms with Crippen LogP contribution in [-0.2, 0) is 4.74 Å². The monoisotopic (exact) mass is 493 g/mol. The summed E-state index contributed by atoms with van der Waals surface area (Å²) in [7, 11) is 0. The van der Waals surface area contributed by atoms with Crippen LogP contribution in [0.15, 0.2) is 55.1 Å². The second-order valence-corrected chi connectivity index (χ2v) is 9.21. The molecule has 1 N–H and O–H groups in total. The van der Waals surface area contributed by atoms with Crippen molar-refractivity contribution in [3.05, 3.63) is 77.5 Å². The number of ether oxygens (including phenoxy) is 1. The summed E-state index contributed by atoms with van der Waals surface area (Å²) in [4.78, 5) is 24.0. The summed E-state index contributed by atoms with van der Waals surface area (Å²) >= 11 is 0. The molecule has 36 heavy (non-hydrogen) atoms. The molecule has 4 heterocycles. The van der Waals surface area contributed by atoms with E-state index in [2.05, 4.69) is 26.3 Å². The van der Waals surface area contributed by atoms with E-state index in [0.29, 0.717) is 23.1 Å². The lowest BCUT2D eigenvalue weighted by atomic mass is 9.90. The molecule has 0 aromatic carbocycles. The number of halogens is 2. The second kappa shape index (κ2) is 10.7. The predicted octanol–water partition coefficient (Wildman–Crippen LogP) is 5.03. The van der Waals surface area contributed by atoms with Crippen molar-refractivity contribution in [3.8, 4) is 5.82 Å². The minimum atomic E-state index is -2.57. The highest BCUT2D eigenvalue weighted by molar-refractivity contribution is 6.04. The molecule has 1 fully saturated rings. The van der Waals surface area contributed by atoms with Crippen LogP contribution in [-0.4, -0.2) is 57.7 Å². The zero-order chi connectivity index (χ0) is 25.1. The molecule has 2 aliphatic rings. The number of amides is 1. The Hall–Kier alpha value is -3.43. The molecule has 5 rings (SSSR count). The van der Waals surface area contributed by atoms with Crippen LogP contribution in [0, 0.1) is 6.92 Å². The summed E-state index contributed by atoms with van der Waals surface area (Å²) in [6.45, 7) is 5.65. The Labute approximate surface area is 208 Å². The molecular weight excluding hydrogens is 464 g/mol. The minimum Gasteiger partial charge on any atom is -0.379 e. The maximum atomic E-state index is 12.8. The number of morpholine rings is 1. The number of hydrogen-bond acceptors (Lipinski definition) is 5. The Kier molecular flexibility index (Phi) is 7.20. The second-order valence-electron chi connectivity index (χ2n) is 9.21. The third kappa shape index (κ3) is 5.37. The van der Waals surface area contributed by atoms with Gasteiger partial charge in [-0.1, -0.05) is 6.08 Å². The first-order valence-corrected chi connectivity index (χ1v) is 12.2. The number of aromatic nitrogens is 3. The lowest BCUT2D eigenvalue weighted by molar-refractivity contribution is 0.0150. The molecule has 0 spiro atoms. The third-order valence-corrected chi connectivity index (χ3v) is 6.83. The highest BCUT2D eigenvalue weighted by Crippen LogP contribution is 2.31. The molecule has 1 atom stereocenters. The quantitative estimate of drug-likeness (QED) is 0.521. The molecule has 9 heteroatoms. The molecule has 3 aromatic rings. The number of hydrogen-bond donors (Lipinski definition) is 1. The number of nitrogens with one attached hydrogen (secondary N) is 1. The van der Waals surface area contributed by atoms with Crippen molar-refractivity contribution in [1.82, 2.24) is 19.4 Å². The molecule has 0 bridgehead atoms. The molecule has 0 saturated carbocycles. The van der Waals surface area contributed by atoms with Crippen molar-refractivity contribution in [2.75, 3.05) is 31.6 Å². The number of pyridine rings is 2. The Balaban J connectivity index is 1.22. The van der Waals surface area contributed by atoms with Gasteiger partial charge in [-0.25, -0.2) is 13.8 Å². The van der Waals surface area contributed by atoms with Gasteiger partial charge in [0, 0.05) is 43.3 Å². The fourth-order valence-corrected chi connectivity index (χ4v) is 4.84. The van der Waals surface area contributed by atoms with E-state index in [-0.39, 0.29) is 11.5 Å². The van der Waals surface area contributed by atoms with Crippen molar-refractivity contribution >= 4 is 17.2 Å². The van der Waals surface area contributed by atoms with Gasteiger partial charge in [0.2, 0.25) is 0 Å². The van der Waals surface area contributed by atoms with Crippen LogP contribution in [0.1, 0.15) is 52.9 Å². The number of aryl methyl sites for hydroxylation is 1. The summed E-state index contributed by atoms with van der Waals surface area (Å²) in [5.74, 6) is 0.175. The van der Waals surface area contributed by atoms with E-state index in [1.807, 2.05) is 13.0 Å². The molecule has 1 saturated heterocycles. The van der Waals surface area contributed by atoms with E-state index >= 15 is 0 Å². The van der Waals surface area contributed by atoms with Crippen molar-refractivity contribution in [2.24, 2.45) is 0 Å². The van der Waals surface area contributed by atoms with Crippen molar-refractivity contribution in [2.45, 2.75) is 38.7 Å². The number of alkyl halides is 2. The lowest BCUT2D eigenvalue weighted by Crippen LogP contribution is -2.43. The first-order valence-electron chi connectivity index (χ1n) is 12.2. The predicted molar refractivity (Wildman–Crippen MR) is 133 cm³/mol. The summed E-state index contributed by atoms with van der Waals surface area (Å²) < 4.78 is 32.6. The third-order valence-electron chi connectivity index (χ3n) is 6.83. The standard InChI is InChI=1S/C27H29F2N5O2/c1-18-14-22(16-31-25(18)19-2-5-23(6-3-19)33-10-12-36-13-11-33)32-27(35)21-8-9-34(17-21)24-7-4-20(15-30-24)26(28)29/h2,4,7-9,14-17,23,26H,3,5-6,10-13H2,1H3,(H,32,35). The van der Waals surface area contributed by atoms with Gasteiger partial charge in [-0.05, 0) is 61.6 Å². The van der Waals surface area contributed by atoms with E-state index < -0.39 is 6.43 Å². The van der Waals surface area contributed by atoms with Crippen LogP contribution < -0.4 is 5.32 Å². The molecular formula is C27H29F2N5O2. The topological polar surface area (TPSA) is 72.3 Å². The van der Waals surface area contributed by atoms with Crippen LogP contribution in [0.4, 0.5) is 14.5 Å². The molecule has 188 valence electrons. The van der Waals surface area contributed by atoms with Crippen LogP contribution in [0.2, 0.25) is 0 Å². The van der Waals surface area contributed by atoms with Crippen molar-refractivity contribution in [3.63, 3.8) is 0 Å². The van der Waals surface area contributed by atoms with Gasteiger partial charge in [-0.15, -0.1) is 0 Å². The normalized spacial score (nSPS) is 18.8. The SMILES string of the molecule is Cc1cc(NC(=O)c2ccn(-c3ccc(C(F)F)cn3)c2)cnc1C1=CCC(N2CCOCC2)CC1. The number of anilines is 1.